The SMILES string of the molecule is O=C1C=C(NNC(=O)Cc2ccccc2)CCC1. The summed E-state index contributed by atoms with van der Waals surface area (Å²) in [6.45, 7) is 0. The standard InChI is InChI=1S/C14H16N2O2/c17-13-8-4-7-12(10-13)15-16-14(18)9-11-5-2-1-3-6-11/h1-3,5-6,10,15H,4,7-9H2,(H,16,18). The predicted octanol–water partition coefficient (Wildman–Crippen LogP) is 1.49. The molecule has 0 aromatic heterocycles. The Balaban J connectivity index is 1.80. The van der Waals surface area contributed by atoms with Crippen molar-refractivity contribution < 1.29 is 9.59 Å². The van der Waals surface area contributed by atoms with Gasteiger partial charge in [0.25, 0.3) is 0 Å². The third kappa shape index (κ3) is 3.73. The van der Waals surface area contributed by atoms with Crippen molar-refractivity contribution in [3.63, 3.8) is 0 Å². The molecule has 0 unspecified atom stereocenters. The maximum Gasteiger partial charge on any atom is 0.242 e. The van der Waals surface area contributed by atoms with E-state index in [1.807, 2.05) is 30.3 Å². The number of hydrazine groups is 1. The Kier molecular flexibility index (Phi) is 4.12. The van der Waals surface area contributed by atoms with Gasteiger partial charge in [-0.3, -0.25) is 15.0 Å². The van der Waals surface area contributed by atoms with Crippen LogP contribution in [0.25, 0.3) is 0 Å². The summed E-state index contributed by atoms with van der Waals surface area (Å²) in [6, 6.07) is 9.53. The van der Waals surface area contributed by atoms with Crippen LogP contribution < -0.4 is 10.9 Å². The maximum absolute atomic E-state index is 11.7. The summed E-state index contributed by atoms with van der Waals surface area (Å²) in [7, 11) is 0. The lowest BCUT2D eigenvalue weighted by atomic mass is 10.0. The number of rotatable bonds is 4. The van der Waals surface area contributed by atoms with Crippen molar-refractivity contribution in [1.82, 2.24) is 10.9 Å². The number of allylic oxidation sites excluding steroid dienone is 2. The number of hydrogen-bond acceptors (Lipinski definition) is 3. The first-order valence-electron chi connectivity index (χ1n) is 6.06. The van der Waals surface area contributed by atoms with Gasteiger partial charge in [0.05, 0.1) is 6.42 Å². The van der Waals surface area contributed by atoms with Gasteiger partial charge in [-0.1, -0.05) is 30.3 Å². The Morgan fingerprint density at radius 1 is 1.17 bits per heavy atom. The highest BCUT2D eigenvalue weighted by molar-refractivity contribution is 5.91. The summed E-state index contributed by atoms with van der Waals surface area (Å²) in [4.78, 5) is 22.8. The molecule has 0 aliphatic heterocycles. The lowest BCUT2D eigenvalue weighted by molar-refractivity contribution is -0.121. The molecule has 2 N–H and O–H groups in total. The van der Waals surface area contributed by atoms with Gasteiger partial charge >= 0.3 is 0 Å². The van der Waals surface area contributed by atoms with E-state index in [-0.39, 0.29) is 11.7 Å². The molecule has 1 aromatic rings. The lowest BCUT2D eigenvalue weighted by Crippen LogP contribution is -2.38. The Labute approximate surface area is 106 Å². The molecule has 0 spiro atoms. The van der Waals surface area contributed by atoms with Crippen molar-refractivity contribution in [2.45, 2.75) is 25.7 Å². The second-order valence-electron chi connectivity index (χ2n) is 4.32. The van der Waals surface area contributed by atoms with Gasteiger partial charge in [-0.25, -0.2) is 0 Å². The Hall–Kier alpha value is -2.10. The third-order valence-electron chi connectivity index (χ3n) is 2.77. The van der Waals surface area contributed by atoms with Gasteiger partial charge in [0, 0.05) is 18.2 Å². The molecular formula is C14H16N2O2. The Morgan fingerprint density at radius 3 is 2.67 bits per heavy atom. The first-order valence-corrected chi connectivity index (χ1v) is 6.06. The van der Waals surface area contributed by atoms with Crippen LogP contribution in [0, 0.1) is 0 Å². The molecule has 0 bridgehead atoms. The molecule has 2 rings (SSSR count). The molecule has 18 heavy (non-hydrogen) atoms. The Morgan fingerprint density at radius 2 is 1.94 bits per heavy atom. The fourth-order valence-electron chi connectivity index (χ4n) is 1.87. The minimum absolute atomic E-state index is 0.111. The number of benzene rings is 1. The molecule has 1 amide bonds. The van der Waals surface area contributed by atoms with Gasteiger partial charge < -0.3 is 5.43 Å². The highest BCUT2D eigenvalue weighted by Crippen LogP contribution is 2.11. The van der Waals surface area contributed by atoms with Crippen LogP contribution >= 0.6 is 0 Å². The number of carbonyl (C=O) groups excluding carboxylic acids is 2. The van der Waals surface area contributed by atoms with Crippen molar-refractivity contribution in [1.29, 1.82) is 0 Å². The first-order chi connectivity index (χ1) is 8.74. The highest BCUT2D eigenvalue weighted by Gasteiger charge is 2.10. The van der Waals surface area contributed by atoms with Gasteiger partial charge in [-0.15, -0.1) is 0 Å². The zero-order chi connectivity index (χ0) is 12.8. The van der Waals surface area contributed by atoms with E-state index >= 15 is 0 Å². The minimum Gasteiger partial charge on any atom is -0.303 e. The van der Waals surface area contributed by atoms with Crippen LogP contribution in [0.4, 0.5) is 0 Å². The van der Waals surface area contributed by atoms with Crippen molar-refractivity contribution in [2.75, 3.05) is 0 Å². The van der Waals surface area contributed by atoms with Crippen molar-refractivity contribution in [3.8, 4) is 0 Å². The normalized spacial score (nSPS) is 14.9. The first kappa shape index (κ1) is 12.4. The predicted molar refractivity (Wildman–Crippen MR) is 68.4 cm³/mol. The van der Waals surface area contributed by atoms with Crippen LogP contribution in [0.3, 0.4) is 0 Å². The average molecular weight is 244 g/mol. The van der Waals surface area contributed by atoms with E-state index in [9.17, 15) is 9.59 Å². The van der Waals surface area contributed by atoms with E-state index in [0.717, 1.165) is 24.1 Å². The van der Waals surface area contributed by atoms with E-state index in [1.54, 1.807) is 6.08 Å². The van der Waals surface area contributed by atoms with E-state index < -0.39 is 0 Å². The second kappa shape index (κ2) is 6.00. The topological polar surface area (TPSA) is 58.2 Å². The van der Waals surface area contributed by atoms with Gasteiger partial charge in [-0.05, 0) is 18.4 Å². The summed E-state index contributed by atoms with van der Waals surface area (Å²) in [5.74, 6) is 0.00109. The van der Waals surface area contributed by atoms with E-state index in [1.165, 1.54) is 0 Å². The summed E-state index contributed by atoms with van der Waals surface area (Å²) in [5.41, 5.74) is 7.17. The van der Waals surface area contributed by atoms with Crippen molar-refractivity contribution in [3.05, 3.63) is 47.7 Å². The summed E-state index contributed by atoms with van der Waals surface area (Å²) < 4.78 is 0. The van der Waals surface area contributed by atoms with Gasteiger partial charge in [0.1, 0.15) is 0 Å². The zero-order valence-electron chi connectivity index (χ0n) is 10.1. The summed E-state index contributed by atoms with van der Waals surface area (Å²) >= 11 is 0. The highest BCUT2D eigenvalue weighted by atomic mass is 16.2. The third-order valence-corrected chi connectivity index (χ3v) is 2.77. The van der Waals surface area contributed by atoms with Crippen LogP contribution in [0.15, 0.2) is 42.1 Å². The molecule has 1 aliphatic carbocycles. The monoisotopic (exact) mass is 244 g/mol. The second-order valence-corrected chi connectivity index (χ2v) is 4.32. The molecule has 1 aliphatic rings. The number of nitrogens with one attached hydrogen (secondary N) is 2. The molecule has 0 heterocycles. The Bertz CT molecular complexity index is 466. The number of hydrogen-bond donors (Lipinski definition) is 2. The average Bonchev–Trinajstić information content (AvgIpc) is 2.38. The molecule has 0 saturated heterocycles. The molecule has 0 fully saturated rings. The number of ketones is 1. The van der Waals surface area contributed by atoms with Crippen molar-refractivity contribution in [2.24, 2.45) is 0 Å². The van der Waals surface area contributed by atoms with Gasteiger partial charge in [-0.2, -0.15) is 0 Å². The van der Waals surface area contributed by atoms with Crippen LogP contribution in [0.5, 0.6) is 0 Å². The largest absolute Gasteiger partial charge is 0.303 e. The van der Waals surface area contributed by atoms with Crippen LogP contribution in [-0.2, 0) is 16.0 Å². The molecule has 0 radical (unpaired) electrons. The van der Waals surface area contributed by atoms with E-state index in [0.29, 0.717) is 12.8 Å². The molecule has 1 aromatic carbocycles. The smallest absolute Gasteiger partial charge is 0.242 e. The van der Waals surface area contributed by atoms with Crippen molar-refractivity contribution >= 4 is 11.7 Å². The maximum atomic E-state index is 11.7. The van der Waals surface area contributed by atoms with Crippen LogP contribution in [0.1, 0.15) is 24.8 Å². The minimum atomic E-state index is -0.111. The molecule has 0 saturated carbocycles. The number of amides is 1. The molecule has 94 valence electrons. The number of carbonyl (C=O) groups is 2. The summed E-state index contributed by atoms with van der Waals surface area (Å²) in [6.07, 6.45) is 4.13. The molecule has 0 atom stereocenters. The quantitative estimate of drug-likeness (QED) is 0.789. The molecule has 4 heteroatoms. The van der Waals surface area contributed by atoms with E-state index in [4.69, 9.17) is 0 Å². The zero-order valence-corrected chi connectivity index (χ0v) is 10.1. The molecular weight excluding hydrogens is 228 g/mol. The van der Waals surface area contributed by atoms with Gasteiger partial charge in [0.2, 0.25) is 5.91 Å². The summed E-state index contributed by atoms with van der Waals surface area (Å²) in [5, 5.41) is 0. The fourth-order valence-corrected chi connectivity index (χ4v) is 1.87. The van der Waals surface area contributed by atoms with Gasteiger partial charge in [0.15, 0.2) is 5.78 Å². The van der Waals surface area contributed by atoms with Crippen LogP contribution in [-0.4, -0.2) is 11.7 Å². The lowest BCUT2D eigenvalue weighted by Gasteiger charge is -2.15. The van der Waals surface area contributed by atoms with Crippen LogP contribution in [0.2, 0.25) is 0 Å². The molecule has 4 nitrogen and oxygen atoms in total. The van der Waals surface area contributed by atoms with E-state index in [2.05, 4.69) is 10.9 Å². The fraction of sp³-hybridized carbons (Fsp3) is 0.286.